The Bertz CT molecular complexity index is 445. The summed E-state index contributed by atoms with van der Waals surface area (Å²) in [5.41, 5.74) is 0.687. The topological polar surface area (TPSA) is 29.5 Å². The molecule has 1 aromatic rings. The van der Waals surface area contributed by atoms with E-state index in [0.717, 1.165) is 16.6 Å². The number of halogens is 1. The van der Waals surface area contributed by atoms with Crippen LogP contribution in [-0.2, 0) is 4.74 Å². The average Bonchev–Trinajstić information content (AvgIpc) is 2.31. The quantitative estimate of drug-likeness (QED) is 0.804. The first-order valence-electron chi connectivity index (χ1n) is 6.10. The molecular formula is C14H18BrNO2. The van der Waals surface area contributed by atoms with Crippen LogP contribution in [0.25, 0.3) is 0 Å². The van der Waals surface area contributed by atoms with Gasteiger partial charge >= 0.3 is 0 Å². The molecule has 2 rings (SSSR count). The second-order valence-electron chi connectivity index (χ2n) is 5.22. The highest BCUT2D eigenvalue weighted by molar-refractivity contribution is 9.10. The highest BCUT2D eigenvalue weighted by Gasteiger charge is 2.31. The summed E-state index contributed by atoms with van der Waals surface area (Å²) in [6, 6.07) is 7.55. The minimum Gasteiger partial charge on any atom is -0.378 e. The van der Waals surface area contributed by atoms with E-state index in [-0.39, 0.29) is 11.3 Å². The maximum absolute atomic E-state index is 12.2. The van der Waals surface area contributed by atoms with Crippen molar-refractivity contribution < 1.29 is 9.53 Å². The van der Waals surface area contributed by atoms with Crippen LogP contribution in [0.5, 0.6) is 0 Å². The smallest absolute Gasteiger partial charge is 0.176 e. The molecule has 0 N–H and O–H groups in total. The maximum Gasteiger partial charge on any atom is 0.176 e. The van der Waals surface area contributed by atoms with Crippen molar-refractivity contribution in [2.75, 3.05) is 26.3 Å². The zero-order valence-electron chi connectivity index (χ0n) is 10.8. The maximum atomic E-state index is 12.2. The Morgan fingerprint density at radius 2 is 2.28 bits per heavy atom. The Hall–Kier alpha value is -0.710. The third-order valence-corrected chi connectivity index (χ3v) is 3.79. The highest BCUT2D eigenvalue weighted by atomic mass is 79.9. The number of hydrogen-bond acceptors (Lipinski definition) is 3. The van der Waals surface area contributed by atoms with Gasteiger partial charge in [0.2, 0.25) is 0 Å². The SMILES string of the molecule is CC1(C)COCCN1CC(=O)c1cccc(Br)c1. The summed E-state index contributed by atoms with van der Waals surface area (Å²) in [4.78, 5) is 14.4. The van der Waals surface area contributed by atoms with Crippen molar-refractivity contribution in [2.45, 2.75) is 19.4 Å². The van der Waals surface area contributed by atoms with E-state index >= 15 is 0 Å². The highest BCUT2D eigenvalue weighted by Crippen LogP contribution is 2.20. The van der Waals surface area contributed by atoms with Crippen LogP contribution < -0.4 is 0 Å². The van der Waals surface area contributed by atoms with Crippen LogP contribution in [0.1, 0.15) is 24.2 Å². The fraction of sp³-hybridized carbons (Fsp3) is 0.500. The molecule has 3 nitrogen and oxygen atoms in total. The van der Waals surface area contributed by atoms with E-state index in [2.05, 4.69) is 34.7 Å². The minimum absolute atomic E-state index is 0.0695. The van der Waals surface area contributed by atoms with Crippen LogP contribution in [-0.4, -0.2) is 42.5 Å². The van der Waals surface area contributed by atoms with Gasteiger partial charge in [-0.05, 0) is 26.0 Å². The third kappa shape index (κ3) is 3.19. The number of hydrogen-bond donors (Lipinski definition) is 0. The lowest BCUT2D eigenvalue weighted by Gasteiger charge is -2.41. The van der Waals surface area contributed by atoms with Crippen molar-refractivity contribution in [2.24, 2.45) is 0 Å². The molecule has 98 valence electrons. The zero-order valence-corrected chi connectivity index (χ0v) is 12.4. The molecule has 0 bridgehead atoms. The first-order valence-corrected chi connectivity index (χ1v) is 6.90. The van der Waals surface area contributed by atoms with E-state index in [1.807, 2.05) is 24.3 Å². The molecule has 1 aliphatic rings. The first-order chi connectivity index (χ1) is 8.49. The minimum atomic E-state index is -0.0695. The Labute approximate surface area is 116 Å². The van der Waals surface area contributed by atoms with E-state index in [1.165, 1.54) is 0 Å². The van der Waals surface area contributed by atoms with Crippen molar-refractivity contribution in [1.82, 2.24) is 4.90 Å². The van der Waals surface area contributed by atoms with Crippen LogP contribution in [0.4, 0.5) is 0 Å². The van der Waals surface area contributed by atoms with Gasteiger partial charge in [-0.3, -0.25) is 9.69 Å². The largest absolute Gasteiger partial charge is 0.378 e. The Kier molecular flexibility index (Phi) is 4.20. The fourth-order valence-corrected chi connectivity index (χ4v) is 2.51. The van der Waals surface area contributed by atoms with Gasteiger partial charge in [-0.15, -0.1) is 0 Å². The van der Waals surface area contributed by atoms with Crippen LogP contribution in [0.15, 0.2) is 28.7 Å². The standard InChI is InChI=1S/C14H18BrNO2/c1-14(2)10-18-7-6-16(14)9-13(17)11-4-3-5-12(15)8-11/h3-5,8H,6-7,9-10H2,1-2H3. The van der Waals surface area contributed by atoms with Gasteiger partial charge in [-0.2, -0.15) is 0 Å². The number of morpholine rings is 1. The third-order valence-electron chi connectivity index (χ3n) is 3.30. The molecule has 0 amide bonds. The zero-order chi connectivity index (χ0) is 13.2. The van der Waals surface area contributed by atoms with Crippen molar-refractivity contribution in [1.29, 1.82) is 0 Å². The van der Waals surface area contributed by atoms with E-state index in [0.29, 0.717) is 19.8 Å². The molecule has 1 saturated heterocycles. The number of carbonyl (C=O) groups is 1. The Morgan fingerprint density at radius 3 is 2.94 bits per heavy atom. The van der Waals surface area contributed by atoms with Crippen LogP contribution in [0.2, 0.25) is 0 Å². The van der Waals surface area contributed by atoms with Gasteiger partial charge in [0.05, 0.1) is 19.8 Å². The summed E-state index contributed by atoms with van der Waals surface area (Å²) in [6.07, 6.45) is 0. The summed E-state index contributed by atoms with van der Waals surface area (Å²) in [5.74, 6) is 0.159. The number of rotatable bonds is 3. The number of Topliss-reactive ketones (excluding diaryl/α,β-unsaturated/α-hetero) is 1. The molecule has 0 aromatic heterocycles. The lowest BCUT2D eigenvalue weighted by atomic mass is 10.0. The Balaban J connectivity index is 2.07. The van der Waals surface area contributed by atoms with E-state index in [4.69, 9.17) is 4.74 Å². The molecule has 0 spiro atoms. The molecule has 4 heteroatoms. The van der Waals surface area contributed by atoms with Gasteiger partial charge in [-0.25, -0.2) is 0 Å². The number of ether oxygens (including phenoxy) is 1. The predicted octanol–water partition coefficient (Wildman–Crippen LogP) is 2.74. The molecule has 18 heavy (non-hydrogen) atoms. The lowest BCUT2D eigenvalue weighted by molar-refractivity contribution is -0.0467. The summed E-state index contributed by atoms with van der Waals surface area (Å²) >= 11 is 3.39. The van der Waals surface area contributed by atoms with Gasteiger partial charge in [0.15, 0.2) is 5.78 Å². The first kappa shape index (κ1) is 13.7. The second kappa shape index (κ2) is 5.51. The summed E-state index contributed by atoms with van der Waals surface area (Å²) in [6.45, 7) is 6.87. The molecular weight excluding hydrogens is 294 g/mol. The van der Waals surface area contributed by atoms with Crippen molar-refractivity contribution in [3.05, 3.63) is 34.3 Å². The van der Waals surface area contributed by atoms with E-state index in [1.54, 1.807) is 0 Å². The molecule has 0 aliphatic carbocycles. The lowest BCUT2D eigenvalue weighted by Crippen LogP contribution is -2.54. The van der Waals surface area contributed by atoms with Crippen LogP contribution in [0.3, 0.4) is 0 Å². The number of benzene rings is 1. The number of ketones is 1. The predicted molar refractivity (Wildman–Crippen MR) is 74.9 cm³/mol. The van der Waals surface area contributed by atoms with Crippen LogP contribution >= 0.6 is 15.9 Å². The molecule has 0 atom stereocenters. The Morgan fingerprint density at radius 1 is 1.50 bits per heavy atom. The molecule has 1 fully saturated rings. The molecule has 0 saturated carbocycles. The van der Waals surface area contributed by atoms with E-state index in [9.17, 15) is 4.79 Å². The normalized spacial score (nSPS) is 19.7. The van der Waals surface area contributed by atoms with Gasteiger partial charge in [0.25, 0.3) is 0 Å². The van der Waals surface area contributed by atoms with Gasteiger partial charge in [0.1, 0.15) is 0 Å². The fourth-order valence-electron chi connectivity index (χ4n) is 2.11. The van der Waals surface area contributed by atoms with Crippen LogP contribution in [0, 0.1) is 0 Å². The van der Waals surface area contributed by atoms with Gasteiger partial charge in [-0.1, -0.05) is 28.1 Å². The molecule has 1 aliphatic heterocycles. The molecule has 0 radical (unpaired) electrons. The number of nitrogens with zero attached hydrogens (tertiary/aromatic N) is 1. The summed E-state index contributed by atoms with van der Waals surface area (Å²) < 4.78 is 6.40. The monoisotopic (exact) mass is 311 g/mol. The average molecular weight is 312 g/mol. The molecule has 0 unspecified atom stereocenters. The van der Waals surface area contributed by atoms with E-state index < -0.39 is 0 Å². The molecule has 1 aromatic carbocycles. The van der Waals surface area contributed by atoms with Gasteiger partial charge in [0, 0.05) is 22.1 Å². The summed E-state index contributed by atoms with van der Waals surface area (Å²) in [5, 5.41) is 0. The van der Waals surface area contributed by atoms with Gasteiger partial charge < -0.3 is 4.74 Å². The van der Waals surface area contributed by atoms with Crippen molar-refractivity contribution in [3.8, 4) is 0 Å². The second-order valence-corrected chi connectivity index (χ2v) is 6.14. The van der Waals surface area contributed by atoms with Crippen molar-refractivity contribution >= 4 is 21.7 Å². The molecule has 1 heterocycles. The number of carbonyl (C=O) groups excluding carboxylic acids is 1. The van der Waals surface area contributed by atoms with Crippen molar-refractivity contribution in [3.63, 3.8) is 0 Å². The summed E-state index contributed by atoms with van der Waals surface area (Å²) in [7, 11) is 0.